The lowest BCUT2D eigenvalue weighted by Crippen LogP contribution is -2.45. The van der Waals surface area contributed by atoms with Crippen LogP contribution in [0.5, 0.6) is 0 Å². The Morgan fingerprint density at radius 1 is 1.33 bits per heavy atom. The Bertz CT molecular complexity index is 473. The molecule has 4 heteroatoms. The van der Waals surface area contributed by atoms with Crippen molar-refractivity contribution >= 4 is 11.6 Å². The minimum absolute atomic E-state index is 0.180. The number of hydrogen-bond donors (Lipinski definition) is 2. The molecule has 1 fully saturated rings. The molecule has 1 atom stereocenters. The Hall–Kier alpha value is -1.55. The lowest BCUT2D eigenvalue weighted by atomic mass is 9.75. The normalized spacial score (nSPS) is 21.6. The first-order valence-corrected chi connectivity index (χ1v) is 7.71. The molecule has 1 unspecified atom stereocenters. The highest BCUT2D eigenvalue weighted by molar-refractivity contribution is 5.83. The van der Waals surface area contributed by atoms with E-state index < -0.39 is 0 Å². The Morgan fingerprint density at radius 2 is 2.00 bits per heavy atom. The van der Waals surface area contributed by atoms with E-state index in [-0.39, 0.29) is 11.3 Å². The van der Waals surface area contributed by atoms with Crippen molar-refractivity contribution in [3.8, 4) is 0 Å². The summed E-state index contributed by atoms with van der Waals surface area (Å²) in [4.78, 5) is 14.7. The summed E-state index contributed by atoms with van der Waals surface area (Å²) in [5.41, 5.74) is 2.06. The number of anilines is 1. The van der Waals surface area contributed by atoms with Gasteiger partial charge in [-0.25, -0.2) is 0 Å². The van der Waals surface area contributed by atoms with Gasteiger partial charge < -0.3 is 15.5 Å². The Labute approximate surface area is 127 Å². The van der Waals surface area contributed by atoms with E-state index in [4.69, 9.17) is 0 Å². The van der Waals surface area contributed by atoms with Crippen LogP contribution >= 0.6 is 0 Å². The molecule has 0 spiro atoms. The standard InChI is InChI=1S/C17H27N3O/c1-13(2)17(9-10-18-12-17)16(21)19-11-14-5-7-15(8-6-14)20(3)4/h5-8,13,18H,9-12H2,1-4H3,(H,19,21). The third-order valence-electron chi connectivity index (χ3n) is 4.65. The smallest absolute Gasteiger partial charge is 0.228 e. The van der Waals surface area contributed by atoms with Gasteiger partial charge in [-0.2, -0.15) is 0 Å². The van der Waals surface area contributed by atoms with Crippen molar-refractivity contribution in [2.75, 3.05) is 32.1 Å². The van der Waals surface area contributed by atoms with Gasteiger partial charge in [0.05, 0.1) is 5.41 Å². The molecule has 116 valence electrons. The summed E-state index contributed by atoms with van der Waals surface area (Å²) in [6, 6.07) is 8.31. The molecule has 1 amide bonds. The maximum atomic E-state index is 12.6. The molecule has 4 nitrogen and oxygen atoms in total. The molecule has 21 heavy (non-hydrogen) atoms. The van der Waals surface area contributed by atoms with E-state index in [0.29, 0.717) is 12.5 Å². The van der Waals surface area contributed by atoms with Gasteiger partial charge in [-0.3, -0.25) is 4.79 Å². The average molecular weight is 289 g/mol. The molecular weight excluding hydrogens is 262 g/mol. The van der Waals surface area contributed by atoms with Gasteiger partial charge in [-0.05, 0) is 36.6 Å². The number of nitrogens with zero attached hydrogens (tertiary/aromatic N) is 1. The van der Waals surface area contributed by atoms with Gasteiger partial charge in [0.1, 0.15) is 0 Å². The molecule has 1 aliphatic rings. The molecule has 0 bridgehead atoms. The lowest BCUT2D eigenvalue weighted by molar-refractivity contribution is -0.132. The van der Waals surface area contributed by atoms with Gasteiger partial charge in [0.2, 0.25) is 5.91 Å². The zero-order chi connectivity index (χ0) is 15.5. The van der Waals surface area contributed by atoms with Crippen molar-refractivity contribution in [1.29, 1.82) is 0 Å². The van der Waals surface area contributed by atoms with E-state index in [9.17, 15) is 4.79 Å². The molecule has 0 aromatic heterocycles. The quantitative estimate of drug-likeness (QED) is 0.871. The van der Waals surface area contributed by atoms with Gasteiger partial charge in [-0.1, -0.05) is 26.0 Å². The highest BCUT2D eigenvalue weighted by Gasteiger charge is 2.43. The van der Waals surface area contributed by atoms with E-state index >= 15 is 0 Å². The number of amides is 1. The summed E-state index contributed by atoms with van der Waals surface area (Å²) < 4.78 is 0. The summed E-state index contributed by atoms with van der Waals surface area (Å²) >= 11 is 0. The molecule has 1 saturated heterocycles. The number of hydrogen-bond acceptors (Lipinski definition) is 3. The zero-order valence-electron chi connectivity index (χ0n) is 13.6. The molecule has 0 aliphatic carbocycles. The second-order valence-corrected chi connectivity index (χ2v) is 6.48. The molecule has 0 saturated carbocycles. The number of carbonyl (C=O) groups excluding carboxylic acids is 1. The van der Waals surface area contributed by atoms with Crippen molar-refractivity contribution in [1.82, 2.24) is 10.6 Å². The van der Waals surface area contributed by atoms with E-state index in [0.717, 1.165) is 25.1 Å². The summed E-state index contributed by atoms with van der Waals surface area (Å²) in [7, 11) is 4.05. The second kappa shape index (κ2) is 6.48. The maximum Gasteiger partial charge on any atom is 0.228 e. The summed E-state index contributed by atoms with van der Waals surface area (Å²) in [5.74, 6) is 0.530. The molecule has 2 rings (SSSR count). The fourth-order valence-electron chi connectivity index (χ4n) is 2.93. The van der Waals surface area contributed by atoms with Crippen molar-refractivity contribution in [3.63, 3.8) is 0 Å². The molecule has 1 aliphatic heterocycles. The van der Waals surface area contributed by atoms with Crippen molar-refractivity contribution in [3.05, 3.63) is 29.8 Å². The minimum Gasteiger partial charge on any atom is -0.378 e. The van der Waals surface area contributed by atoms with Gasteiger partial charge in [0, 0.05) is 32.9 Å². The van der Waals surface area contributed by atoms with E-state index in [1.165, 1.54) is 5.69 Å². The molecular formula is C17H27N3O. The maximum absolute atomic E-state index is 12.6. The van der Waals surface area contributed by atoms with Crippen LogP contribution in [0.1, 0.15) is 25.8 Å². The summed E-state index contributed by atoms with van der Waals surface area (Å²) in [6.07, 6.45) is 0.927. The van der Waals surface area contributed by atoms with Crippen LogP contribution in [0, 0.1) is 11.3 Å². The topological polar surface area (TPSA) is 44.4 Å². The first kappa shape index (κ1) is 15.8. The molecule has 2 N–H and O–H groups in total. The largest absolute Gasteiger partial charge is 0.378 e. The monoisotopic (exact) mass is 289 g/mol. The van der Waals surface area contributed by atoms with Crippen LogP contribution in [0.2, 0.25) is 0 Å². The zero-order valence-corrected chi connectivity index (χ0v) is 13.6. The Morgan fingerprint density at radius 3 is 2.48 bits per heavy atom. The van der Waals surface area contributed by atoms with Gasteiger partial charge in [0.15, 0.2) is 0 Å². The highest BCUT2D eigenvalue weighted by atomic mass is 16.2. The van der Waals surface area contributed by atoms with E-state index in [1.54, 1.807) is 0 Å². The van der Waals surface area contributed by atoms with Crippen molar-refractivity contribution in [2.45, 2.75) is 26.8 Å². The van der Waals surface area contributed by atoms with E-state index in [2.05, 4.69) is 53.6 Å². The SMILES string of the molecule is CC(C)C1(C(=O)NCc2ccc(N(C)C)cc2)CCNC1. The average Bonchev–Trinajstić information content (AvgIpc) is 2.96. The minimum atomic E-state index is -0.246. The number of nitrogens with one attached hydrogen (secondary N) is 2. The number of carbonyl (C=O) groups is 1. The molecule has 1 heterocycles. The summed E-state index contributed by atoms with van der Waals surface area (Å²) in [6.45, 7) is 6.59. The van der Waals surface area contributed by atoms with Crippen LogP contribution in [0.15, 0.2) is 24.3 Å². The lowest BCUT2D eigenvalue weighted by Gasteiger charge is -2.31. The van der Waals surface area contributed by atoms with Crippen LogP contribution in [0.4, 0.5) is 5.69 Å². The molecule has 1 aromatic rings. The van der Waals surface area contributed by atoms with Gasteiger partial charge >= 0.3 is 0 Å². The fraction of sp³-hybridized carbons (Fsp3) is 0.588. The summed E-state index contributed by atoms with van der Waals surface area (Å²) in [5, 5.41) is 6.45. The van der Waals surface area contributed by atoms with Crippen LogP contribution < -0.4 is 15.5 Å². The third-order valence-corrected chi connectivity index (χ3v) is 4.65. The van der Waals surface area contributed by atoms with Crippen molar-refractivity contribution in [2.24, 2.45) is 11.3 Å². The van der Waals surface area contributed by atoms with Crippen LogP contribution in [-0.4, -0.2) is 33.1 Å². The predicted molar refractivity (Wildman–Crippen MR) is 87.4 cm³/mol. The highest BCUT2D eigenvalue weighted by Crippen LogP contribution is 2.34. The Balaban J connectivity index is 1.97. The van der Waals surface area contributed by atoms with E-state index in [1.807, 2.05) is 14.1 Å². The fourth-order valence-corrected chi connectivity index (χ4v) is 2.93. The van der Waals surface area contributed by atoms with Crippen LogP contribution in [-0.2, 0) is 11.3 Å². The third kappa shape index (κ3) is 3.38. The predicted octanol–water partition coefficient (Wildman–Crippen LogP) is 2.00. The Kier molecular flexibility index (Phi) is 4.88. The van der Waals surface area contributed by atoms with Crippen LogP contribution in [0.3, 0.4) is 0 Å². The second-order valence-electron chi connectivity index (χ2n) is 6.48. The van der Waals surface area contributed by atoms with Crippen LogP contribution in [0.25, 0.3) is 0 Å². The number of rotatable bonds is 5. The van der Waals surface area contributed by atoms with Crippen molar-refractivity contribution < 1.29 is 4.79 Å². The van der Waals surface area contributed by atoms with Gasteiger partial charge in [0.25, 0.3) is 0 Å². The first-order valence-electron chi connectivity index (χ1n) is 7.71. The molecule has 1 aromatic carbocycles. The van der Waals surface area contributed by atoms with Gasteiger partial charge in [-0.15, -0.1) is 0 Å². The number of benzene rings is 1. The molecule has 0 radical (unpaired) electrons. The first-order chi connectivity index (χ1) is 9.95.